The Kier molecular flexibility index (Phi) is 4.62. The second-order valence-corrected chi connectivity index (χ2v) is 3.64. The van der Waals surface area contributed by atoms with Crippen molar-refractivity contribution in [2.75, 3.05) is 20.1 Å². The molecule has 0 amide bonds. The number of carbonyl (C=O) groups is 1. The minimum absolute atomic E-state index is 0.299. The van der Waals surface area contributed by atoms with Crippen LogP contribution in [0.1, 0.15) is 10.4 Å². The van der Waals surface area contributed by atoms with Gasteiger partial charge in [-0.05, 0) is 19.2 Å². The first-order valence-corrected chi connectivity index (χ1v) is 4.85. The maximum absolute atomic E-state index is 13.2. The number of carbonyl (C=O) groups excluding carboxylic acids is 1. The number of benzene rings is 1. The van der Waals surface area contributed by atoms with Gasteiger partial charge in [0.15, 0.2) is 5.78 Å². The lowest BCUT2D eigenvalue weighted by atomic mass is 10.1. The Morgan fingerprint density at radius 2 is 2.00 bits per heavy atom. The van der Waals surface area contributed by atoms with Crippen LogP contribution in [0.15, 0.2) is 18.2 Å². The van der Waals surface area contributed by atoms with Crippen LogP contribution in [0.5, 0.6) is 0 Å². The third kappa shape index (κ3) is 4.14. The highest BCUT2D eigenvalue weighted by Crippen LogP contribution is 2.11. The van der Waals surface area contributed by atoms with Crippen molar-refractivity contribution in [2.45, 2.75) is 6.43 Å². The number of nitrogens with zero attached hydrogens (tertiary/aromatic N) is 1. The molecule has 0 unspecified atom stereocenters. The van der Waals surface area contributed by atoms with E-state index in [4.69, 9.17) is 0 Å². The molecule has 0 heterocycles. The molecule has 0 spiro atoms. The van der Waals surface area contributed by atoms with E-state index in [-0.39, 0.29) is 12.1 Å². The molecule has 1 aromatic rings. The van der Waals surface area contributed by atoms with E-state index in [0.29, 0.717) is 6.07 Å². The summed E-state index contributed by atoms with van der Waals surface area (Å²) in [5.74, 6) is -2.44. The number of alkyl halides is 2. The average molecular weight is 249 g/mol. The highest BCUT2D eigenvalue weighted by atomic mass is 19.3. The van der Waals surface area contributed by atoms with Crippen LogP contribution in [0.2, 0.25) is 0 Å². The van der Waals surface area contributed by atoms with Gasteiger partial charge in [0.25, 0.3) is 6.43 Å². The zero-order valence-corrected chi connectivity index (χ0v) is 9.09. The van der Waals surface area contributed by atoms with Crippen molar-refractivity contribution in [2.24, 2.45) is 0 Å². The largest absolute Gasteiger partial charge is 0.293 e. The fourth-order valence-corrected chi connectivity index (χ4v) is 1.35. The average Bonchev–Trinajstić information content (AvgIpc) is 2.15. The van der Waals surface area contributed by atoms with Crippen LogP contribution in [0.3, 0.4) is 0 Å². The maximum Gasteiger partial charge on any atom is 0.251 e. The molecule has 2 nitrogen and oxygen atoms in total. The van der Waals surface area contributed by atoms with E-state index in [1.165, 1.54) is 7.05 Å². The van der Waals surface area contributed by atoms with Crippen LogP contribution in [0.25, 0.3) is 0 Å². The van der Waals surface area contributed by atoms with Crippen molar-refractivity contribution in [3.8, 4) is 0 Å². The van der Waals surface area contributed by atoms with Gasteiger partial charge in [-0.15, -0.1) is 0 Å². The summed E-state index contributed by atoms with van der Waals surface area (Å²) in [7, 11) is 1.32. The summed E-state index contributed by atoms with van der Waals surface area (Å²) < 4.78 is 49.8. The molecule has 0 N–H and O–H groups in total. The van der Waals surface area contributed by atoms with Gasteiger partial charge in [0, 0.05) is 6.07 Å². The van der Waals surface area contributed by atoms with Gasteiger partial charge in [0.2, 0.25) is 0 Å². The van der Waals surface area contributed by atoms with Crippen LogP contribution in [0, 0.1) is 11.6 Å². The minimum Gasteiger partial charge on any atom is -0.293 e. The van der Waals surface area contributed by atoms with Crippen molar-refractivity contribution < 1.29 is 22.4 Å². The molecule has 0 aliphatic heterocycles. The normalized spacial score (nSPS) is 11.2. The quantitative estimate of drug-likeness (QED) is 0.589. The number of halogens is 4. The predicted molar refractivity (Wildman–Crippen MR) is 54.2 cm³/mol. The summed E-state index contributed by atoms with van der Waals surface area (Å²) in [5.41, 5.74) is -0.299. The first-order chi connectivity index (χ1) is 7.90. The summed E-state index contributed by atoms with van der Waals surface area (Å²) in [5, 5.41) is 0. The van der Waals surface area contributed by atoms with Gasteiger partial charge in [-0.2, -0.15) is 0 Å². The first kappa shape index (κ1) is 13.6. The number of hydrogen-bond donors (Lipinski definition) is 0. The van der Waals surface area contributed by atoms with Crippen molar-refractivity contribution in [3.05, 3.63) is 35.4 Å². The molecule has 0 bridgehead atoms. The SMILES string of the molecule is CN(CC(=O)c1ccc(F)cc1F)CC(F)F. The summed E-state index contributed by atoms with van der Waals surface area (Å²) in [6.45, 7) is -0.915. The fraction of sp³-hybridized carbons (Fsp3) is 0.364. The number of hydrogen-bond acceptors (Lipinski definition) is 2. The number of ketones is 1. The molecule has 1 aromatic carbocycles. The van der Waals surface area contributed by atoms with E-state index in [1.54, 1.807) is 0 Å². The molecular formula is C11H11F4NO. The third-order valence-corrected chi connectivity index (χ3v) is 2.09. The van der Waals surface area contributed by atoms with Gasteiger partial charge in [-0.25, -0.2) is 17.6 Å². The van der Waals surface area contributed by atoms with Gasteiger partial charge in [0.1, 0.15) is 11.6 Å². The van der Waals surface area contributed by atoms with Gasteiger partial charge in [0.05, 0.1) is 18.7 Å². The van der Waals surface area contributed by atoms with Crippen LogP contribution in [-0.4, -0.2) is 37.2 Å². The summed E-state index contributed by atoms with van der Waals surface area (Å²) in [6, 6.07) is 2.53. The Bertz CT molecular complexity index is 408. The number of rotatable bonds is 5. The van der Waals surface area contributed by atoms with E-state index >= 15 is 0 Å². The maximum atomic E-state index is 13.2. The molecule has 0 saturated heterocycles. The Hall–Kier alpha value is -1.43. The van der Waals surface area contributed by atoms with Crippen LogP contribution in [0.4, 0.5) is 17.6 Å². The molecule has 17 heavy (non-hydrogen) atoms. The van der Waals surface area contributed by atoms with E-state index in [2.05, 4.69) is 0 Å². The Labute approximate surface area is 95.8 Å². The predicted octanol–water partition coefficient (Wildman–Crippen LogP) is 2.34. The second-order valence-electron chi connectivity index (χ2n) is 3.64. The molecule has 0 aliphatic rings. The molecular weight excluding hydrogens is 238 g/mol. The van der Waals surface area contributed by atoms with Gasteiger partial charge < -0.3 is 0 Å². The molecule has 0 atom stereocenters. The smallest absolute Gasteiger partial charge is 0.251 e. The van der Waals surface area contributed by atoms with Crippen molar-refractivity contribution in [1.29, 1.82) is 0 Å². The Balaban J connectivity index is 2.70. The lowest BCUT2D eigenvalue weighted by Crippen LogP contribution is -2.30. The molecule has 0 saturated carbocycles. The van der Waals surface area contributed by atoms with Gasteiger partial charge in [-0.3, -0.25) is 9.69 Å². The number of Topliss-reactive ketones (excluding diaryl/α,β-unsaturated/α-hetero) is 1. The van der Waals surface area contributed by atoms with Crippen molar-refractivity contribution in [1.82, 2.24) is 4.90 Å². The van der Waals surface area contributed by atoms with E-state index in [0.717, 1.165) is 17.0 Å². The van der Waals surface area contributed by atoms with Crippen LogP contribution in [-0.2, 0) is 0 Å². The number of likely N-dealkylation sites (N-methyl/N-ethyl adjacent to an activating group) is 1. The lowest BCUT2D eigenvalue weighted by Gasteiger charge is -2.14. The highest BCUT2D eigenvalue weighted by molar-refractivity contribution is 5.97. The van der Waals surface area contributed by atoms with E-state index < -0.39 is 30.4 Å². The van der Waals surface area contributed by atoms with Crippen LogP contribution < -0.4 is 0 Å². The van der Waals surface area contributed by atoms with Gasteiger partial charge >= 0.3 is 0 Å². The Morgan fingerprint density at radius 1 is 1.35 bits per heavy atom. The molecule has 0 aromatic heterocycles. The van der Waals surface area contributed by atoms with Crippen LogP contribution >= 0.6 is 0 Å². The molecule has 6 heteroatoms. The van der Waals surface area contributed by atoms with Crippen molar-refractivity contribution >= 4 is 5.78 Å². The molecule has 1 rings (SSSR count). The summed E-state index contributed by atoms with van der Waals surface area (Å²) in [4.78, 5) is 12.6. The lowest BCUT2D eigenvalue weighted by molar-refractivity contribution is 0.0817. The fourth-order valence-electron chi connectivity index (χ4n) is 1.35. The standard InChI is InChI=1S/C11H11F4NO/c1-16(6-11(14)15)5-10(17)8-3-2-7(12)4-9(8)13/h2-4,11H,5-6H2,1H3. The van der Waals surface area contributed by atoms with Crippen molar-refractivity contribution in [3.63, 3.8) is 0 Å². The molecule has 0 fully saturated rings. The Morgan fingerprint density at radius 3 is 2.53 bits per heavy atom. The monoisotopic (exact) mass is 249 g/mol. The highest BCUT2D eigenvalue weighted by Gasteiger charge is 2.16. The van der Waals surface area contributed by atoms with E-state index in [1.807, 2.05) is 0 Å². The molecule has 0 radical (unpaired) electrons. The summed E-state index contributed by atoms with van der Waals surface area (Å²) >= 11 is 0. The topological polar surface area (TPSA) is 20.3 Å². The summed E-state index contributed by atoms with van der Waals surface area (Å²) in [6.07, 6.45) is -2.56. The second kappa shape index (κ2) is 5.77. The first-order valence-electron chi connectivity index (χ1n) is 4.85. The minimum atomic E-state index is -2.56. The zero-order valence-electron chi connectivity index (χ0n) is 9.09. The third-order valence-electron chi connectivity index (χ3n) is 2.09. The zero-order chi connectivity index (χ0) is 13.0. The van der Waals surface area contributed by atoms with Gasteiger partial charge in [-0.1, -0.05) is 0 Å². The molecule has 0 aliphatic carbocycles. The molecule has 94 valence electrons. The van der Waals surface area contributed by atoms with E-state index in [9.17, 15) is 22.4 Å².